The largest absolute Gasteiger partial charge is 0.465 e. The van der Waals surface area contributed by atoms with Crippen LogP contribution in [0.2, 0.25) is 0 Å². The second-order valence-corrected chi connectivity index (χ2v) is 1.99. The zero-order valence-electron chi connectivity index (χ0n) is 6.13. The summed E-state index contributed by atoms with van der Waals surface area (Å²) in [6.45, 7) is 2.10. The summed E-state index contributed by atoms with van der Waals surface area (Å²) in [5, 5.41) is 10.2. The van der Waals surface area contributed by atoms with Gasteiger partial charge in [-0.3, -0.25) is 5.32 Å². The van der Waals surface area contributed by atoms with Gasteiger partial charge >= 0.3 is 6.09 Å². The highest BCUT2D eigenvalue weighted by molar-refractivity contribution is 5.65. The van der Waals surface area contributed by atoms with E-state index >= 15 is 0 Å². The number of amides is 1. The lowest BCUT2D eigenvalue weighted by Gasteiger charge is -1.89. The predicted octanol–water partition coefficient (Wildman–Crippen LogP) is 1.96. The van der Waals surface area contributed by atoms with Gasteiger partial charge in [-0.1, -0.05) is 25.8 Å². The van der Waals surface area contributed by atoms with Crippen molar-refractivity contribution >= 4 is 6.09 Å². The maximum atomic E-state index is 9.87. The Morgan fingerprint density at radius 1 is 1.70 bits per heavy atom. The predicted molar refractivity (Wildman–Crippen MR) is 39.8 cm³/mol. The van der Waals surface area contributed by atoms with Crippen LogP contribution < -0.4 is 5.32 Å². The van der Waals surface area contributed by atoms with E-state index in [-0.39, 0.29) is 0 Å². The van der Waals surface area contributed by atoms with Crippen LogP contribution in [0.25, 0.3) is 0 Å². The van der Waals surface area contributed by atoms with Crippen molar-refractivity contribution in [2.45, 2.75) is 26.2 Å². The highest BCUT2D eigenvalue weighted by atomic mass is 16.4. The summed E-state index contributed by atoms with van der Waals surface area (Å²) >= 11 is 0. The zero-order chi connectivity index (χ0) is 7.82. The van der Waals surface area contributed by atoms with Crippen molar-refractivity contribution in [2.24, 2.45) is 0 Å². The van der Waals surface area contributed by atoms with E-state index in [2.05, 4.69) is 12.2 Å². The summed E-state index contributed by atoms with van der Waals surface area (Å²) < 4.78 is 0. The molecule has 10 heavy (non-hydrogen) atoms. The molecule has 0 aromatic carbocycles. The van der Waals surface area contributed by atoms with Crippen molar-refractivity contribution in [3.05, 3.63) is 12.3 Å². The van der Waals surface area contributed by atoms with Crippen molar-refractivity contribution in [1.29, 1.82) is 0 Å². The average Bonchev–Trinajstić information content (AvgIpc) is 1.87. The molecule has 0 heterocycles. The third-order valence-corrected chi connectivity index (χ3v) is 1.05. The molecule has 58 valence electrons. The van der Waals surface area contributed by atoms with E-state index in [1.54, 1.807) is 0 Å². The quantitative estimate of drug-likeness (QED) is 0.591. The van der Waals surface area contributed by atoms with Gasteiger partial charge in [0.2, 0.25) is 0 Å². The van der Waals surface area contributed by atoms with E-state index in [4.69, 9.17) is 5.11 Å². The van der Waals surface area contributed by atoms with Crippen molar-refractivity contribution in [3.8, 4) is 0 Å². The first-order valence-corrected chi connectivity index (χ1v) is 3.42. The molecule has 0 spiro atoms. The van der Waals surface area contributed by atoms with Crippen molar-refractivity contribution in [2.75, 3.05) is 0 Å². The van der Waals surface area contributed by atoms with Crippen molar-refractivity contribution in [1.82, 2.24) is 5.32 Å². The summed E-state index contributed by atoms with van der Waals surface area (Å²) in [5.41, 5.74) is 0. The molecule has 0 rings (SSSR count). The van der Waals surface area contributed by atoms with Gasteiger partial charge in [0, 0.05) is 6.20 Å². The third-order valence-electron chi connectivity index (χ3n) is 1.05. The molecule has 0 aliphatic heterocycles. The van der Waals surface area contributed by atoms with Crippen LogP contribution in [0.3, 0.4) is 0 Å². The lowest BCUT2D eigenvalue weighted by atomic mass is 10.2. The highest BCUT2D eigenvalue weighted by Crippen LogP contribution is 1.93. The zero-order valence-corrected chi connectivity index (χ0v) is 6.13. The Kier molecular flexibility index (Phi) is 5.53. The second-order valence-electron chi connectivity index (χ2n) is 1.99. The number of rotatable bonds is 4. The van der Waals surface area contributed by atoms with Crippen LogP contribution >= 0.6 is 0 Å². The molecule has 0 radical (unpaired) electrons. The Labute approximate surface area is 60.7 Å². The van der Waals surface area contributed by atoms with Gasteiger partial charge in [0.25, 0.3) is 0 Å². The molecule has 0 aromatic heterocycles. The molecule has 3 nitrogen and oxygen atoms in total. The second kappa shape index (κ2) is 6.13. The lowest BCUT2D eigenvalue weighted by molar-refractivity contribution is 0.198. The monoisotopic (exact) mass is 143 g/mol. The van der Waals surface area contributed by atoms with Crippen molar-refractivity contribution in [3.63, 3.8) is 0 Å². The van der Waals surface area contributed by atoms with E-state index in [0.717, 1.165) is 19.3 Å². The van der Waals surface area contributed by atoms with Crippen LogP contribution in [-0.4, -0.2) is 11.2 Å². The van der Waals surface area contributed by atoms with E-state index in [9.17, 15) is 4.79 Å². The molecule has 0 unspecified atom stereocenters. The van der Waals surface area contributed by atoms with Gasteiger partial charge in [0.1, 0.15) is 0 Å². The van der Waals surface area contributed by atoms with E-state index in [1.165, 1.54) is 6.20 Å². The number of carboxylic acid groups (broad SMARTS) is 1. The fourth-order valence-corrected chi connectivity index (χ4v) is 0.536. The average molecular weight is 143 g/mol. The number of nitrogens with one attached hydrogen (secondary N) is 1. The van der Waals surface area contributed by atoms with Gasteiger partial charge in [0.05, 0.1) is 0 Å². The first-order chi connectivity index (χ1) is 4.77. The number of allylic oxidation sites excluding steroid dienone is 1. The molecule has 0 saturated carbocycles. The molecular weight excluding hydrogens is 130 g/mol. The minimum absolute atomic E-state index is 0.941. The molecular formula is C7H13NO2. The maximum absolute atomic E-state index is 9.87. The molecule has 0 aliphatic rings. The van der Waals surface area contributed by atoms with Gasteiger partial charge < -0.3 is 5.11 Å². The van der Waals surface area contributed by atoms with Gasteiger partial charge in [0.15, 0.2) is 0 Å². The smallest absolute Gasteiger partial charge is 0.408 e. The van der Waals surface area contributed by atoms with E-state index in [1.807, 2.05) is 6.08 Å². The first kappa shape index (κ1) is 9.01. The number of carbonyl (C=O) groups is 1. The molecule has 0 fully saturated rings. The minimum Gasteiger partial charge on any atom is -0.465 e. The van der Waals surface area contributed by atoms with Gasteiger partial charge in [-0.25, -0.2) is 4.79 Å². The van der Waals surface area contributed by atoms with Gasteiger partial charge in [-0.05, 0) is 6.42 Å². The van der Waals surface area contributed by atoms with Crippen LogP contribution in [0.4, 0.5) is 4.79 Å². The Morgan fingerprint density at radius 2 is 2.40 bits per heavy atom. The van der Waals surface area contributed by atoms with Gasteiger partial charge in [-0.15, -0.1) is 0 Å². The van der Waals surface area contributed by atoms with Gasteiger partial charge in [-0.2, -0.15) is 0 Å². The van der Waals surface area contributed by atoms with Crippen LogP contribution in [-0.2, 0) is 0 Å². The standard InChI is InChI=1S/C7H13NO2/c1-2-3-4-5-6-8-7(9)10/h5-6,8H,2-4H2,1H3,(H,9,10)/b6-5+. The summed E-state index contributed by atoms with van der Waals surface area (Å²) in [5.74, 6) is 0. The molecule has 0 aliphatic carbocycles. The van der Waals surface area contributed by atoms with Crippen LogP contribution in [0, 0.1) is 0 Å². The topological polar surface area (TPSA) is 49.3 Å². The van der Waals surface area contributed by atoms with Crippen molar-refractivity contribution < 1.29 is 9.90 Å². The molecule has 0 saturated heterocycles. The summed E-state index contributed by atoms with van der Waals surface area (Å²) in [6.07, 6.45) is 5.45. The highest BCUT2D eigenvalue weighted by Gasteiger charge is 1.84. The lowest BCUT2D eigenvalue weighted by Crippen LogP contribution is -2.12. The number of unbranched alkanes of at least 4 members (excludes halogenated alkanes) is 2. The third kappa shape index (κ3) is 7.01. The normalized spacial score (nSPS) is 10.1. The van der Waals surface area contributed by atoms with Crippen LogP contribution in [0.1, 0.15) is 26.2 Å². The number of hydrogen-bond acceptors (Lipinski definition) is 1. The molecule has 1 amide bonds. The molecule has 0 aromatic rings. The summed E-state index contributed by atoms with van der Waals surface area (Å²) in [6, 6.07) is 0. The summed E-state index contributed by atoms with van der Waals surface area (Å²) in [7, 11) is 0. The Morgan fingerprint density at radius 3 is 2.90 bits per heavy atom. The van der Waals surface area contributed by atoms with Crippen LogP contribution in [0.5, 0.6) is 0 Å². The van der Waals surface area contributed by atoms with E-state index in [0.29, 0.717) is 0 Å². The Hall–Kier alpha value is -0.990. The molecule has 0 atom stereocenters. The minimum atomic E-state index is -1.01. The Balaban J connectivity index is 3.12. The fraction of sp³-hybridized carbons (Fsp3) is 0.571. The summed E-state index contributed by atoms with van der Waals surface area (Å²) in [4.78, 5) is 9.87. The Bertz CT molecular complexity index is 121. The first-order valence-electron chi connectivity index (χ1n) is 3.42. The fourth-order valence-electron chi connectivity index (χ4n) is 0.536. The molecule has 2 N–H and O–H groups in total. The van der Waals surface area contributed by atoms with E-state index < -0.39 is 6.09 Å². The molecule has 3 heteroatoms. The maximum Gasteiger partial charge on any atom is 0.408 e. The SMILES string of the molecule is CCCC/C=C/NC(=O)O. The van der Waals surface area contributed by atoms with Crippen LogP contribution in [0.15, 0.2) is 12.3 Å². The molecule has 0 bridgehead atoms. The number of hydrogen-bond donors (Lipinski definition) is 2.